The zero-order valence-corrected chi connectivity index (χ0v) is 15.0. The second kappa shape index (κ2) is 8.53. The predicted octanol–water partition coefficient (Wildman–Crippen LogP) is 4.48. The van der Waals surface area contributed by atoms with Gasteiger partial charge in [-0.25, -0.2) is 0 Å². The highest BCUT2D eigenvalue weighted by atomic mass is 16.5. The van der Waals surface area contributed by atoms with E-state index >= 15 is 0 Å². The number of amides is 1. The molecule has 2 atom stereocenters. The van der Waals surface area contributed by atoms with E-state index in [0.29, 0.717) is 6.61 Å². The lowest BCUT2D eigenvalue weighted by Crippen LogP contribution is -2.31. The molecule has 0 aliphatic heterocycles. The normalized spacial score (nSPS) is 13.2. The van der Waals surface area contributed by atoms with Crippen LogP contribution >= 0.6 is 0 Å². The van der Waals surface area contributed by atoms with E-state index in [-0.39, 0.29) is 17.7 Å². The number of carbonyl (C=O) groups is 1. The summed E-state index contributed by atoms with van der Waals surface area (Å²) in [5, 5.41) is 0. The molecule has 0 spiro atoms. The Hall–Kier alpha value is -2.29. The van der Waals surface area contributed by atoms with Gasteiger partial charge in [0.2, 0.25) is 5.91 Å². The Bertz CT molecular complexity index is 652. The van der Waals surface area contributed by atoms with Gasteiger partial charge in [0.05, 0.1) is 0 Å². The molecule has 2 aromatic carbocycles. The summed E-state index contributed by atoms with van der Waals surface area (Å²) in [6, 6.07) is 18.3. The molecule has 0 saturated heterocycles. The van der Waals surface area contributed by atoms with Crippen LogP contribution in [0.1, 0.15) is 37.3 Å². The first kappa shape index (κ1) is 18.1. The molecule has 2 aromatic rings. The highest BCUT2D eigenvalue weighted by Gasteiger charge is 2.25. The van der Waals surface area contributed by atoms with Crippen LogP contribution in [-0.2, 0) is 11.4 Å². The standard InChI is InChI=1S/C21H27NO2/c1-5-20(16(2)21(23)22(3)4)18-12-9-13-19(14-18)24-15-17-10-7-6-8-11-17/h6-14,16,20H,5,15H2,1-4H3/t16-,20+/m1/s1. The van der Waals surface area contributed by atoms with Crippen molar-refractivity contribution in [2.24, 2.45) is 5.92 Å². The summed E-state index contributed by atoms with van der Waals surface area (Å²) in [5.41, 5.74) is 2.30. The maximum absolute atomic E-state index is 12.3. The molecule has 3 heteroatoms. The minimum atomic E-state index is -0.0469. The second-order valence-electron chi connectivity index (χ2n) is 6.38. The van der Waals surface area contributed by atoms with Gasteiger partial charge < -0.3 is 9.64 Å². The monoisotopic (exact) mass is 325 g/mol. The Balaban J connectivity index is 2.11. The van der Waals surface area contributed by atoms with E-state index in [9.17, 15) is 4.79 Å². The fourth-order valence-electron chi connectivity index (χ4n) is 3.03. The largest absolute Gasteiger partial charge is 0.489 e. The van der Waals surface area contributed by atoms with E-state index < -0.39 is 0 Å². The number of hydrogen-bond donors (Lipinski definition) is 0. The average molecular weight is 325 g/mol. The SMILES string of the molecule is CC[C@H](c1cccc(OCc2ccccc2)c1)[C@@H](C)C(=O)N(C)C. The molecule has 0 aromatic heterocycles. The molecule has 0 bridgehead atoms. The third-order valence-corrected chi connectivity index (χ3v) is 4.41. The van der Waals surface area contributed by atoms with Crippen LogP contribution < -0.4 is 4.74 Å². The average Bonchev–Trinajstić information content (AvgIpc) is 2.61. The van der Waals surface area contributed by atoms with Crippen LogP contribution in [0.4, 0.5) is 0 Å². The second-order valence-corrected chi connectivity index (χ2v) is 6.38. The number of hydrogen-bond acceptors (Lipinski definition) is 2. The van der Waals surface area contributed by atoms with Crippen molar-refractivity contribution >= 4 is 5.91 Å². The van der Waals surface area contributed by atoms with Gasteiger partial charge in [-0.3, -0.25) is 4.79 Å². The van der Waals surface area contributed by atoms with Gasteiger partial charge in [-0.2, -0.15) is 0 Å². The lowest BCUT2D eigenvalue weighted by molar-refractivity contribution is -0.133. The van der Waals surface area contributed by atoms with Crippen molar-refractivity contribution in [2.45, 2.75) is 32.8 Å². The van der Waals surface area contributed by atoms with Crippen LogP contribution in [0.5, 0.6) is 5.75 Å². The van der Waals surface area contributed by atoms with Gasteiger partial charge in [0.1, 0.15) is 12.4 Å². The smallest absolute Gasteiger partial charge is 0.225 e. The van der Waals surface area contributed by atoms with Crippen LogP contribution in [-0.4, -0.2) is 24.9 Å². The Kier molecular flexibility index (Phi) is 6.42. The first-order valence-corrected chi connectivity index (χ1v) is 8.50. The van der Waals surface area contributed by atoms with Crippen LogP contribution in [0, 0.1) is 5.92 Å². The minimum absolute atomic E-state index is 0.0469. The quantitative estimate of drug-likeness (QED) is 0.751. The number of ether oxygens (including phenoxy) is 1. The summed E-state index contributed by atoms with van der Waals surface area (Å²) in [5.74, 6) is 1.16. The summed E-state index contributed by atoms with van der Waals surface area (Å²) >= 11 is 0. The predicted molar refractivity (Wildman–Crippen MR) is 98.1 cm³/mol. The zero-order chi connectivity index (χ0) is 17.5. The molecule has 0 aliphatic carbocycles. The van der Waals surface area contributed by atoms with E-state index in [1.165, 1.54) is 0 Å². The van der Waals surface area contributed by atoms with Crippen LogP contribution in [0.3, 0.4) is 0 Å². The molecule has 128 valence electrons. The fraction of sp³-hybridized carbons (Fsp3) is 0.381. The maximum Gasteiger partial charge on any atom is 0.225 e. The van der Waals surface area contributed by atoms with Crippen molar-refractivity contribution < 1.29 is 9.53 Å². The summed E-state index contributed by atoms with van der Waals surface area (Å²) in [6.07, 6.45) is 0.920. The van der Waals surface area contributed by atoms with Gasteiger partial charge in [-0.05, 0) is 35.6 Å². The molecular formula is C21H27NO2. The van der Waals surface area contributed by atoms with E-state index in [2.05, 4.69) is 31.2 Å². The lowest BCUT2D eigenvalue weighted by Gasteiger charge is -2.25. The third kappa shape index (κ3) is 4.60. The molecule has 0 fully saturated rings. The van der Waals surface area contributed by atoms with Gasteiger partial charge in [-0.1, -0.05) is 56.3 Å². The van der Waals surface area contributed by atoms with E-state index in [4.69, 9.17) is 4.74 Å². The van der Waals surface area contributed by atoms with E-state index in [1.807, 2.05) is 51.4 Å². The van der Waals surface area contributed by atoms with Gasteiger partial charge in [-0.15, -0.1) is 0 Å². The number of carbonyl (C=O) groups excluding carboxylic acids is 1. The van der Waals surface area contributed by atoms with Crippen molar-refractivity contribution in [3.05, 3.63) is 65.7 Å². The summed E-state index contributed by atoms with van der Waals surface area (Å²) in [4.78, 5) is 14.0. The Morgan fingerprint density at radius 3 is 2.42 bits per heavy atom. The van der Waals surface area contributed by atoms with Crippen molar-refractivity contribution in [3.63, 3.8) is 0 Å². The first-order chi connectivity index (χ1) is 11.5. The van der Waals surface area contributed by atoms with Crippen LogP contribution in [0.15, 0.2) is 54.6 Å². The molecule has 0 aliphatic rings. The van der Waals surface area contributed by atoms with E-state index in [0.717, 1.165) is 23.3 Å². The molecule has 0 N–H and O–H groups in total. The Morgan fingerprint density at radius 1 is 1.08 bits per heavy atom. The molecule has 0 radical (unpaired) electrons. The number of nitrogens with zero attached hydrogens (tertiary/aromatic N) is 1. The topological polar surface area (TPSA) is 29.5 Å². The third-order valence-electron chi connectivity index (χ3n) is 4.41. The summed E-state index contributed by atoms with van der Waals surface area (Å²) < 4.78 is 5.92. The minimum Gasteiger partial charge on any atom is -0.489 e. The molecular weight excluding hydrogens is 298 g/mol. The number of benzene rings is 2. The zero-order valence-electron chi connectivity index (χ0n) is 15.0. The van der Waals surface area contributed by atoms with Gasteiger partial charge >= 0.3 is 0 Å². The van der Waals surface area contributed by atoms with Gasteiger partial charge in [0, 0.05) is 20.0 Å². The summed E-state index contributed by atoms with van der Waals surface area (Å²) in [6.45, 7) is 4.68. The lowest BCUT2D eigenvalue weighted by atomic mass is 9.84. The molecule has 2 rings (SSSR count). The molecule has 1 amide bonds. The van der Waals surface area contributed by atoms with Gasteiger partial charge in [0.25, 0.3) is 0 Å². The maximum atomic E-state index is 12.3. The number of rotatable bonds is 7. The highest BCUT2D eigenvalue weighted by molar-refractivity contribution is 5.79. The van der Waals surface area contributed by atoms with Crippen LogP contribution in [0.25, 0.3) is 0 Å². The molecule has 0 saturated carbocycles. The molecule has 24 heavy (non-hydrogen) atoms. The molecule has 0 heterocycles. The Morgan fingerprint density at radius 2 is 1.79 bits per heavy atom. The van der Waals surface area contributed by atoms with Crippen molar-refractivity contribution in [1.29, 1.82) is 0 Å². The Labute approximate surface area is 145 Å². The molecule has 3 nitrogen and oxygen atoms in total. The first-order valence-electron chi connectivity index (χ1n) is 8.50. The van der Waals surface area contributed by atoms with Crippen molar-refractivity contribution in [3.8, 4) is 5.75 Å². The summed E-state index contributed by atoms with van der Waals surface area (Å²) in [7, 11) is 3.62. The van der Waals surface area contributed by atoms with Crippen LogP contribution in [0.2, 0.25) is 0 Å². The van der Waals surface area contributed by atoms with Crippen molar-refractivity contribution in [1.82, 2.24) is 4.90 Å². The fourth-order valence-corrected chi connectivity index (χ4v) is 3.03. The van der Waals surface area contributed by atoms with Gasteiger partial charge in [0.15, 0.2) is 0 Å². The highest BCUT2D eigenvalue weighted by Crippen LogP contribution is 2.31. The van der Waals surface area contributed by atoms with E-state index in [1.54, 1.807) is 4.90 Å². The molecule has 0 unspecified atom stereocenters. The van der Waals surface area contributed by atoms with Crippen molar-refractivity contribution in [2.75, 3.05) is 14.1 Å².